The zero-order valence-electron chi connectivity index (χ0n) is 17.6. The van der Waals surface area contributed by atoms with Gasteiger partial charge in [0.1, 0.15) is 17.3 Å². The Labute approximate surface area is 173 Å². The molecule has 0 spiro atoms. The van der Waals surface area contributed by atoms with E-state index >= 15 is 0 Å². The highest BCUT2D eigenvalue weighted by Crippen LogP contribution is 2.39. The van der Waals surface area contributed by atoms with Crippen LogP contribution in [0.25, 0.3) is 0 Å². The van der Waals surface area contributed by atoms with E-state index in [1.165, 1.54) is 5.56 Å². The molecule has 2 rings (SSSR count). The minimum Gasteiger partial charge on any atom is -0.488 e. The van der Waals surface area contributed by atoms with E-state index in [0.29, 0.717) is 17.3 Å². The molecule has 6 heteroatoms. The number of ether oxygens (including phenoxy) is 1. The van der Waals surface area contributed by atoms with Gasteiger partial charge in [-0.25, -0.2) is 4.98 Å². The fourth-order valence-electron chi connectivity index (χ4n) is 3.10. The van der Waals surface area contributed by atoms with Crippen molar-refractivity contribution in [2.24, 2.45) is 0 Å². The summed E-state index contributed by atoms with van der Waals surface area (Å²) in [5.74, 6) is 0.822. The average Bonchev–Trinajstić information content (AvgIpc) is 2.68. The lowest BCUT2D eigenvalue weighted by molar-refractivity contribution is -0.113. The van der Waals surface area contributed by atoms with Gasteiger partial charge in [-0.1, -0.05) is 26.0 Å². The lowest BCUT2D eigenvalue weighted by atomic mass is 10.1. The zero-order valence-corrected chi connectivity index (χ0v) is 18.4. The second kappa shape index (κ2) is 9.78. The monoisotopic (exact) mass is 403 g/mol. The third kappa shape index (κ3) is 4.96. The Morgan fingerprint density at radius 3 is 2.54 bits per heavy atom. The first kappa shape index (κ1) is 22.0. The highest BCUT2D eigenvalue weighted by atomic mass is 35.5. The molecule has 0 saturated heterocycles. The van der Waals surface area contributed by atoms with E-state index in [4.69, 9.17) is 21.3 Å². The number of hydrogen-bond acceptors (Lipinski definition) is 4. The fraction of sp³-hybridized carbons (Fsp3) is 0.455. The third-order valence-electron chi connectivity index (χ3n) is 4.94. The van der Waals surface area contributed by atoms with E-state index in [9.17, 15) is 4.79 Å². The lowest BCUT2D eigenvalue weighted by Crippen LogP contribution is -2.22. The van der Waals surface area contributed by atoms with Crippen molar-refractivity contribution in [1.29, 1.82) is 0 Å². The minimum atomic E-state index is -0.294. The minimum absolute atomic E-state index is 0.0623. The average molecular weight is 404 g/mol. The number of pyridine rings is 1. The maximum absolute atomic E-state index is 12.1. The molecule has 1 heterocycles. The van der Waals surface area contributed by atoms with Gasteiger partial charge in [-0.3, -0.25) is 4.79 Å². The number of benzene rings is 1. The number of hydrogen-bond donors (Lipinski definition) is 1. The number of anilines is 3. The van der Waals surface area contributed by atoms with Gasteiger partial charge in [0.15, 0.2) is 5.82 Å². The van der Waals surface area contributed by atoms with Crippen LogP contribution in [0.1, 0.15) is 43.5 Å². The molecule has 1 aromatic carbocycles. The maximum Gasteiger partial charge on any atom is 0.239 e. The molecule has 0 bridgehead atoms. The molecule has 1 aromatic heterocycles. The van der Waals surface area contributed by atoms with Crippen LogP contribution in [0.4, 0.5) is 17.2 Å². The number of alkyl halides is 1. The van der Waals surface area contributed by atoms with Crippen LogP contribution < -0.4 is 15.0 Å². The highest BCUT2D eigenvalue weighted by molar-refractivity contribution is 6.29. The smallest absolute Gasteiger partial charge is 0.239 e. The van der Waals surface area contributed by atoms with Crippen LogP contribution in [0.5, 0.6) is 5.75 Å². The normalized spacial score (nSPS) is 10.9. The van der Waals surface area contributed by atoms with Crippen LogP contribution in [-0.4, -0.2) is 29.9 Å². The molecule has 152 valence electrons. The van der Waals surface area contributed by atoms with Gasteiger partial charge in [0.25, 0.3) is 0 Å². The zero-order chi connectivity index (χ0) is 20.8. The molecular weight excluding hydrogens is 374 g/mol. The van der Waals surface area contributed by atoms with Crippen molar-refractivity contribution >= 4 is 34.7 Å². The van der Waals surface area contributed by atoms with Gasteiger partial charge in [0, 0.05) is 24.5 Å². The Morgan fingerprint density at radius 2 is 1.93 bits per heavy atom. The molecule has 0 aliphatic carbocycles. The summed E-state index contributed by atoms with van der Waals surface area (Å²) in [7, 11) is 1.95. The van der Waals surface area contributed by atoms with Gasteiger partial charge in [-0.05, 0) is 50.8 Å². The van der Waals surface area contributed by atoms with Crippen LogP contribution in [-0.2, 0) is 4.79 Å². The van der Waals surface area contributed by atoms with Gasteiger partial charge in [-0.15, -0.1) is 11.6 Å². The van der Waals surface area contributed by atoms with Crippen LogP contribution >= 0.6 is 11.6 Å². The summed E-state index contributed by atoms with van der Waals surface area (Å²) in [5, 5.41) is 2.89. The van der Waals surface area contributed by atoms with Crippen molar-refractivity contribution in [2.75, 3.05) is 23.1 Å². The van der Waals surface area contributed by atoms with Gasteiger partial charge in [-0.2, -0.15) is 0 Å². The SMILES string of the molecule is CCC(CC)Oc1cc(C)nc(N(C)c2cccc(C)c2C)c1NC(=O)CCl. The molecule has 28 heavy (non-hydrogen) atoms. The first-order valence-electron chi connectivity index (χ1n) is 9.66. The molecule has 1 amide bonds. The Bertz CT molecular complexity index is 835. The molecule has 0 atom stereocenters. The summed E-state index contributed by atoms with van der Waals surface area (Å²) in [4.78, 5) is 18.8. The Balaban J connectivity index is 2.62. The van der Waals surface area contributed by atoms with Gasteiger partial charge in [0.2, 0.25) is 5.91 Å². The van der Waals surface area contributed by atoms with Crippen molar-refractivity contribution in [3.63, 3.8) is 0 Å². The number of halogens is 1. The first-order chi connectivity index (χ1) is 13.3. The fourth-order valence-corrected chi connectivity index (χ4v) is 3.17. The summed E-state index contributed by atoms with van der Waals surface area (Å²) in [6.45, 7) is 10.3. The summed E-state index contributed by atoms with van der Waals surface area (Å²) in [5.41, 5.74) is 4.73. The second-order valence-corrected chi connectivity index (χ2v) is 7.24. The molecule has 0 unspecified atom stereocenters. The quantitative estimate of drug-likeness (QED) is 0.589. The highest BCUT2D eigenvalue weighted by Gasteiger charge is 2.22. The predicted octanol–water partition coefficient (Wildman–Crippen LogP) is 5.52. The predicted molar refractivity (Wildman–Crippen MR) is 117 cm³/mol. The topological polar surface area (TPSA) is 54.5 Å². The molecular formula is C22H30ClN3O2. The van der Waals surface area contributed by atoms with Crippen LogP contribution in [0.2, 0.25) is 0 Å². The lowest BCUT2D eigenvalue weighted by Gasteiger charge is -2.27. The van der Waals surface area contributed by atoms with Crippen LogP contribution in [0.15, 0.2) is 24.3 Å². The van der Waals surface area contributed by atoms with Crippen molar-refractivity contribution in [3.8, 4) is 5.75 Å². The molecule has 1 N–H and O–H groups in total. The number of carbonyl (C=O) groups excluding carboxylic acids is 1. The van der Waals surface area contributed by atoms with Crippen LogP contribution in [0, 0.1) is 20.8 Å². The Kier molecular flexibility index (Phi) is 7.69. The number of nitrogens with one attached hydrogen (secondary N) is 1. The molecule has 5 nitrogen and oxygen atoms in total. The molecule has 0 saturated carbocycles. The number of rotatable bonds is 8. The summed E-state index contributed by atoms with van der Waals surface area (Å²) in [6, 6.07) is 8.00. The standard InChI is InChI=1S/C22H30ClN3O2/c1-7-17(8-2)28-19-12-15(4)24-22(21(19)25-20(27)13-23)26(6)18-11-9-10-14(3)16(18)5/h9-12,17H,7-8,13H2,1-6H3,(H,25,27). The van der Waals surface area contributed by atoms with Crippen LogP contribution in [0.3, 0.4) is 0 Å². The molecule has 0 radical (unpaired) electrons. The number of carbonyl (C=O) groups is 1. The number of aryl methyl sites for hydroxylation is 2. The maximum atomic E-state index is 12.1. The largest absolute Gasteiger partial charge is 0.488 e. The molecule has 0 aliphatic heterocycles. The van der Waals surface area contributed by atoms with Crippen molar-refractivity contribution in [2.45, 2.75) is 53.6 Å². The van der Waals surface area contributed by atoms with E-state index < -0.39 is 0 Å². The van der Waals surface area contributed by atoms with E-state index in [1.54, 1.807) is 0 Å². The molecule has 0 aliphatic rings. The van der Waals surface area contributed by atoms with E-state index in [-0.39, 0.29) is 17.9 Å². The Hall–Kier alpha value is -2.27. The third-order valence-corrected chi connectivity index (χ3v) is 5.18. The van der Waals surface area contributed by atoms with E-state index in [1.807, 2.05) is 37.1 Å². The summed E-state index contributed by atoms with van der Waals surface area (Å²) in [6.07, 6.45) is 1.82. The second-order valence-electron chi connectivity index (χ2n) is 6.98. The summed E-state index contributed by atoms with van der Waals surface area (Å²) < 4.78 is 6.23. The summed E-state index contributed by atoms with van der Waals surface area (Å²) >= 11 is 5.75. The molecule has 2 aromatic rings. The van der Waals surface area contributed by atoms with E-state index in [0.717, 1.165) is 29.8 Å². The van der Waals surface area contributed by atoms with Gasteiger partial charge >= 0.3 is 0 Å². The Morgan fingerprint density at radius 1 is 1.25 bits per heavy atom. The van der Waals surface area contributed by atoms with Gasteiger partial charge in [0.05, 0.1) is 6.10 Å². The number of aromatic nitrogens is 1. The van der Waals surface area contributed by atoms with Crippen molar-refractivity contribution in [1.82, 2.24) is 4.98 Å². The molecule has 0 fully saturated rings. The van der Waals surface area contributed by atoms with Gasteiger partial charge < -0.3 is 15.0 Å². The first-order valence-corrected chi connectivity index (χ1v) is 10.2. The number of nitrogens with zero attached hydrogens (tertiary/aromatic N) is 2. The number of amides is 1. The van der Waals surface area contributed by atoms with E-state index in [2.05, 4.69) is 39.1 Å². The van der Waals surface area contributed by atoms with Crippen molar-refractivity contribution in [3.05, 3.63) is 41.1 Å². The van der Waals surface area contributed by atoms with Crippen molar-refractivity contribution < 1.29 is 9.53 Å².